The van der Waals surface area contributed by atoms with Gasteiger partial charge in [0, 0.05) is 6.61 Å². The molecule has 4 nitrogen and oxygen atoms in total. The van der Waals surface area contributed by atoms with Crippen LogP contribution in [0.2, 0.25) is 0 Å². The molecule has 0 aliphatic carbocycles. The fourth-order valence-electron chi connectivity index (χ4n) is 0.589. The van der Waals surface area contributed by atoms with Crippen molar-refractivity contribution >= 4 is 5.91 Å². The van der Waals surface area contributed by atoms with E-state index < -0.39 is 12.2 Å². The van der Waals surface area contributed by atoms with E-state index in [9.17, 15) is 4.79 Å². The number of primary amides is 1. The largest absolute Gasteiger partial charge is 0.365 e. The van der Waals surface area contributed by atoms with Crippen molar-refractivity contribution < 1.29 is 14.3 Å². The number of rotatable bonds is 6. The zero-order chi connectivity index (χ0) is 8.69. The van der Waals surface area contributed by atoms with Crippen molar-refractivity contribution in [1.29, 1.82) is 0 Å². The van der Waals surface area contributed by atoms with E-state index in [0.717, 1.165) is 6.42 Å². The Labute approximate surface area is 66.7 Å². The highest BCUT2D eigenvalue weighted by atomic mass is 16.7. The second-order valence-electron chi connectivity index (χ2n) is 2.06. The Kier molecular flexibility index (Phi) is 5.78. The molecule has 0 fully saturated rings. The number of carbonyl (C=O) groups excluding carboxylic acids is 1. The molecular formula is C7H15NO3. The maximum Gasteiger partial charge on any atom is 0.274 e. The van der Waals surface area contributed by atoms with Crippen molar-refractivity contribution in [2.24, 2.45) is 5.73 Å². The summed E-state index contributed by atoms with van der Waals surface area (Å²) >= 11 is 0. The summed E-state index contributed by atoms with van der Waals surface area (Å²) in [7, 11) is 0. The monoisotopic (exact) mass is 161 g/mol. The molecule has 0 heterocycles. The van der Waals surface area contributed by atoms with Crippen LogP contribution in [0, 0.1) is 0 Å². The molecule has 0 aliphatic heterocycles. The lowest BCUT2D eigenvalue weighted by Gasteiger charge is -2.12. The summed E-state index contributed by atoms with van der Waals surface area (Å²) < 4.78 is 9.91. The number of nitrogens with two attached hydrogens (primary N) is 1. The minimum Gasteiger partial charge on any atom is -0.365 e. The predicted molar refractivity (Wildman–Crippen MR) is 40.9 cm³/mol. The van der Waals surface area contributed by atoms with Crippen LogP contribution in [-0.4, -0.2) is 25.4 Å². The first-order chi connectivity index (χ1) is 5.22. The average molecular weight is 161 g/mol. The fraction of sp³-hybridized carbons (Fsp3) is 0.857. The van der Waals surface area contributed by atoms with E-state index in [-0.39, 0.29) is 0 Å². The van der Waals surface area contributed by atoms with Gasteiger partial charge in [-0.1, -0.05) is 6.92 Å². The van der Waals surface area contributed by atoms with Gasteiger partial charge in [0.05, 0.1) is 6.61 Å². The molecule has 0 aliphatic rings. The van der Waals surface area contributed by atoms with Crippen LogP contribution < -0.4 is 5.73 Å². The molecule has 0 rings (SSSR count). The molecule has 0 aromatic carbocycles. The zero-order valence-electron chi connectivity index (χ0n) is 7.00. The summed E-state index contributed by atoms with van der Waals surface area (Å²) in [5.41, 5.74) is 4.97. The van der Waals surface area contributed by atoms with Gasteiger partial charge in [-0.25, -0.2) is 0 Å². The average Bonchev–Trinajstić information content (AvgIpc) is 1.97. The smallest absolute Gasteiger partial charge is 0.274 e. The second kappa shape index (κ2) is 6.12. The summed E-state index contributed by atoms with van der Waals surface area (Å²) in [5.74, 6) is -0.569. The number of hydrogen-bond donors (Lipinski definition) is 1. The van der Waals surface area contributed by atoms with Gasteiger partial charge in [-0.2, -0.15) is 0 Å². The van der Waals surface area contributed by atoms with E-state index in [1.807, 2.05) is 6.92 Å². The van der Waals surface area contributed by atoms with E-state index in [1.54, 1.807) is 6.92 Å². The Morgan fingerprint density at radius 1 is 1.45 bits per heavy atom. The van der Waals surface area contributed by atoms with E-state index >= 15 is 0 Å². The molecule has 2 N–H and O–H groups in total. The van der Waals surface area contributed by atoms with Crippen LogP contribution in [0.5, 0.6) is 0 Å². The van der Waals surface area contributed by atoms with Crippen LogP contribution in [0.4, 0.5) is 0 Å². The highest BCUT2D eigenvalue weighted by Crippen LogP contribution is 1.94. The summed E-state index contributed by atoms with van der Waals surface area (Å²) in [4.78, 5) is 10.6. The molecule has 0 spiro atoms. The topological polar surface area (TPSA) is 61.6 Å². The number of ether oxygens (including phenoxy) is 2. The highest BCUT2D eigenvalue weighted by Gasteiger charge is 2.14. The molecule has 0 bridgehead atoms. The summed E-state index contributed by atoms with van der Waals surface area (Å²) in [6.45, 7) is 4.65. The Balaban J connectivity index is 3.60. The highest BCUT2D eigenvalue weighted by molar-refractivity contribution is 5.77. The number of amides is 1. The lowest BCUT2D eigenvalue weighted by Crippen LogP contribution is -2.33. The second-order valence-corrected chi connectivity index (χ2v) is 2.06. The van der Waals surface area contributed by atoms with Crippen LogP contribution in [0.15, 0.2) is 0 Å². The Bertz CT molecular complexity index is 116. The van der Waals surface area contributed by atoms with Crippen molar-refractivity contribution in [3.05, 3.63) is 0 Å². The van der Waals surface area contributed by atoms with Crippen molar-refractivity contribution in [3.63, 3.8) is 0 Å². The zero-order valence-corrected chi connectivity index (χ0v) is 7.00. The third-order valence-corrected chi connectivity index (χ3v) is 1.02. The molecule has 0 saturated heterocycles. The Morgan fingerprint density at radius 3 is 2.45 bits per heavy atom. The summed E-state index contributed by atoms with van der Waals surface area (Å²) in [6.07, 6.45) is -0.0309. The first-order valence-corrected chi connectivity index (χ1v) is 3.74. The maximum atomic E-state index is 10.6. The molecule has 0 saturated carbocycles. The lowest BCUT2D eigenvalue weighted by atomic mass is 10.5. The minimum atomic E-state index is -0.875. The van der Waals surface area contributed by atoms with Crippen LogP contribution in [-0.2, 0) is 14.3 Å². The molecule has 66 valence electrons. The fourth-order valence-corrected chi connectivity index (χ4v) is 0.589. The van der Waals surface area contributed by atoms with Gasteiger partial charge < -0.3 is 15.2 Å². The van der Waals surface area contributed by atoms with Gasteiger partial charge in [0.2, 0.25) is 6.29 Å². The van der Waals surface area contributed by atoms with E-state index in [1.165, 1.54) is 0 Å². The number of hydrogen-bond acceptors (Lipinski definition) is 3. The Hall–Kier alpha value is -0.610. The van der Waals surface area contributed by atoms with Crippen molar-refractivity contribution in [1.82, 2.24) is 0 Å². The van der Waals surface area contributed by atoms with Gasteiger partial charge in [-0.3, -0.25) is 4.79 Å². The lowest BCUT2D eigenvalue weighted by molar-refractivity contribution is -0.168. The van der Waals surface area contributed by atoms with Gasteiger partial charge in [0.1, 0.15) is 0 Å². The van der Waals surface area contributed by atoms with Crippen molar-refractivity contribution in [3.8, 4) is 0 Å². The standard InChI is InChI=1S/C7H15NO3/c1-3-5-11-7(6(8)9)10-4-2/h7H,3-5H2,1-2H3,(H2,8,9). The molecule has 0 radical (unpaired) electrons. The summed E-state index contributed by atoms with van der Waals surface area (Å²) in [6, 6.07) is 0. The van der Waals surface area contributed by atoms with Crippen molar-refractivity contribution in [2.75, 3.05) is 13.2 Å². The van der Waals surface area contributed by atoms with Gasteiger partial charge in [-0.05, 0) is 13.3 Å². The Morgan fingerprint density at radius 2 is 2.09 bits per heavy atom. The minimum absolute atomic E-state index is 0.428. The van der Waals surface area contributed by atoms with Gasteiger partial charge in [0.25, 0.3) is 5.91 Å². The predicted octanol–water partition coefficient (Wildman–Crippen LogP) is 0.261. The van der Waals surface area contributed by atoms with E-state index in [0.29, 0.717) is 13.2 Å². The first kappa shape index (κ1) is 10.4. The SMILES string of the molecule is CCCOC(OCC)C(N)=O. The van der Waals surface area contributed by atoms with Crippen molar-refractivity contribution in [2.45, 2.75) is 26.6 Å². The molecular weight excluding hydrogens is 146 g/mol. The van der Waals surface area contributed by atoms with Crippen LogP contribution in [0.25, 0.3) is 0 Å². The molecule has 11 heavy (non-hydrogen) atoms. The molecule has 1 amide bonds. The third kappa shape index (κ3) is 4.75. The van der Waals surface area contributed by atoms with E-state index in [4.69, 9.17) is 15.2 Å². The molecule has 4 heteroatoms. The van der Waals surface area contributed by atoms with Gasteiger partial charge in [-0.15, -0.1) is 0 Å². The van der Waals surface area contributed by atoms with Crippen LogP contribution in [0.3, 0.4) is 0 Å². The molecule has 1 unspecified atom stereocenters. The molecule has 1 atom stereocenters. The number of carbonyl (C=O) groups is 1. The third-order valence-electron chi connectivity index (χ3n) is 1.02. The molecule has 0 aromatic heterocycles. The van der Waals surface area contributed by atoms with Crippen LogP contribution >= 0.6 is 0 Å². The van der Waals surface area contributed by atoms with Gasteiger partial charge in [0.15, 0.2) is 0 Å². The quantitative estimate of drug-likeness (QED) is 0.568. The van der Waals surface area contributed by atoms with E-state index in [2.05, 4.69) is 0 Å². The summed E-state index contributed by atoms with van der Waals surface area (Å²) in [5, 5.41) is 0. The van der Waals surface area contributed by atoms with Crippen LogP contribution in [0.1, 0.15) is 20.3 Å². The van der Waals surface area contributed by atoms with Gasteiger partial charge >= 0.3 is 0 Å². The normalized spacial score (nSPS) is 12.9. The molecule has 0 aromatic rings. The maximum absolute atomic E-state index is 10.6. The first-order valence-electron chi connectivity index (χ1n) is 3.74.